The molecule has 5 nitrogen and oxygen atoms in total. The summed E-state index contributed by atoms with van der Waals surface area (Å²) in [4.78, 5) is 23.9. The Balaban J connectivity index is 2.86. The van der Waals surface area contributed by atoms with Crippen LogP contribution in [0.25, 0.3) is 0 Å². The van der Waals surface area contributed by atoms with Crippen molar-refractivity contribution in [2.75, 3.05) is 6.61 Å². The predicted octanol–water partition coefficient (Wildman–Crippen LogP) is 3.90. The number of nitrogens with one attached hydrogen (secondary N) is 2. The van der Waals surface area contributed by atoms with Gasteiger partial charge in [-0.3, -0.25) is 9.59 Å². The van der Waals surface area contributed by atoms with Crippen LogP contribution in [0.2, 0.25) is 0 Å². The van der Waals surface area contributed by atoms with Crippen LogP contribution in [0.4, 0.5) is 0 Å². The van der Waals surface area contributed by atoms with E-state index in [2.05, 4.69) is 16.7 Å². The average Bonchev–Trinajstić information content (AvgIpc) is 2.53. The van der Waals surface area contributed by atoms with Crippen molar-refractivity contribution < 1.29 is 14.3 Å². The molecule has 150 valence electrons. The van der Waals surface area contributed by atoms with Crippen molar-refractivity contribution in [1.29, 1.82) is 0 Å². The van der Waals surface area contributed by atoms with Crippen molar-refractivity contribution >= 4 is 12.2 Å². The Kier molecular flexibility index (Phi) is 8.54. The summed E-state index contributed by atoms with van der Waals surface area (Å²) < 4.78 is 5.73. The Labute approximate surface area is 163 Å². The highest BCUT2D eigenvalue weighted by Crippen LogP contribution is 2.31. The van der Waals surface area contributed by atoms with E-state index in [1.807, 2.05) is 53.7 Å². The number of benzene rings is 1. The van der Waals surface area contributed by atoms with Gasteiger partial charge < -0.3 is 15.4 Å². The largest absolute Gasteiger partial charge is 0.494 e. The van der Waals surface area contributed by atoms with Crippen molar-refractivity contribution in [1.82, 2.24) is 10.6 Å². The molecule has 0 aliphatic heterocycles. The van der Waals surface area contributed by atoms with Crippen molar-refractivity contribution in [3.63, 3.8) is 0 Å². The zero-order chi connectivity index (χ0) is 20.6. The summed E-state index contributed by atoms with van der Waals surface area (Å²) in [5, 5.41) is 5.89. The molecule has 1 rings (SSSR count). The van der Waals surface area contributed by atoms with E-state index in [9.17, 15) is 9.59 Å². The summed E-state index contributed by atoms with van der Waals surface area (Å²) in [5.74, 6) is 0.694. The molecule has 0 fully saturated rings. The maximum Gasteiger partial charge on any atom is 0.225 e. The minimum absolute atomic E-state index is 0.169. The second-order valence-corrected chi connectivity index (χ2v) is 8.07. The Morgan fingerprint density at radius 3 is 2.52 bits per heavy atom. The summed E-state index contributed by atoms with van der Waals surface area (Å²) in [7, 11) is 0. The van der Waals surface area contributed by atoms with Gasteiger partial charge in [0.2, 0.25) is 5.91 Å². The highest BCUT2D eigenvalue weighted by molar-refractivity contribution is 5.86. The summed E-state index contributed by atoms with van der Waals surface area (Å²) >= 11 is 0. The Morgan fingerprint density at radius 2 is 1.96 bits per heavy atom. The molecule has 0 aliphatic rings. The molecule has 0 unspecified atom stereocenters. The van der Waals surface area contributed by atoms with Crippen LogP contribution in [0.1, 0.15) is 59.1 Å². The zero-order valence-electron chi connectivity index (χ0n) is 17.7. The molecule has 27 heavy (non-hydrogen) atoms. The third-order valence-electron chi connectivity index (χ3n) is 4.13. The molecule has 1 amide bonds. The number of allylic oxidation sites excluding steroid dienone is 2. The lowest BCUT2D eigenvalue weighted by Gasteiger charge is -2.26. The molecule has 0 spiro atoms. The van der Waals surface area contributed by atoms with Gasteiger partial charge in [0, 0.05) is 18.2 Å². The maximum atomic E-state index is 12.5. The van der Waals surface area contributed by atoms with E-state index in [4.69, 9.17) is 4.74 Å². The van der Waals surface area contributed by atoms with E-state index in [0.29, 0.717) is 31.4 Å². The molecule has 1 aromatic rings. The first-order valence-corrected chi connectivity index (χ1v) is 9.52. The highest BCUT2D eigenvalue weighted by atomic mass is 16.5. The van der Waals surface area contributed by atoms with E-state index in [0.717, 1.165) is 16.9 Å². The molecule has 0 aromatic heterocycles. The van der Waals surface area contributed by atoms with Crippen LogP contribution in [0.15, 0.2) is 29.6 Å². The first kappa shape index (κ1) is 22.7. The lowest BCUT2D eigenvalue weighted by Crippen LogP contribution is -2.33. The first-order chi connectivity index (χ1) is 12.6. The molecule has 0 bridgehead atoms. The van der Waals surface area contributed by atoms with Gasteiger partial charge in [0.15, 0.2) is 6.29 Å². The van der Waals surface area contributed by atoms with Gasteiger partial charge in [-0.25, -0.2) is 0 Å². The van der Waals surface area contributed by atoms with Gasteiger partial charge in [0.25, 0.3) is 0 Å². The minimum atomic E-state index is -0.281. The topological polar surface area (TPSA) is 67.4 Å². The Morgan fingerprint density at radius 1 is 1.30 bits per heavy atom. The number of ether oxygens (including phenoxy) is 1. The number of aldehydes is 1. The molecular formula is C22H34N2O3. The molecule has 1 aromatic carbocycles. The number of aryl methyl sites for hydroxylation is 1. The number of rotatable bonds is 10. The van der Waals surface area contributed by atoms with Gasteiger partial charge in [0.05, 0.1) is 12.3 Å². The van der Waals surface area contributed by atoms with Gasteiger partial charge in [-0.1, -0.05) is 31.5 Å². The second kappa shape index (κ2) is 10.1. The second-order valence-electron chi connectivity index (χ2n) is 8.07. The molecule has 0 radical (unpaired) electrons. The van der Waals surface area contributed by atoms with Crippen molar-refractivity contribution in [3.05, 3.63) is 40.7 Å². The Bertz CT molecular complexity index is 691. The molecule has 0 atom stereocenters. The molecule has 0 heterocycles. The molecule has 0 aliphatic carbocycles. The lowest BCUT2D eigenvalue weighted by molar-refractivity contribution is -0.123. The van der Waals surface area contributed by atoms with Gasteiger partial charge >= 0.3 is 0 Å². The van der Waals surface area contributed by atoms with Gasteiger partial charge in [-0.2, -0.15) is 0 Å². The maximum absolute atomic E-state index is 12.5. The van der Waals surface area contributed by atoms with Crippen molar-refractivity contribution in [2.24, 2.45) is 5.41 Å². The van der Waals surface area contributed by atoms with E-state index in [1.165, 1.54) is 0 Å². The summed E-state index contributed by atoms with van der Waals surface area (Å²) in [5.41, 5.74) is 2.93. The van der Waals surface area contributed by atoms with Crippen LogP contribution in [-0.4, -0.2) is 24.8 Å². The predicted molar refractivity (Wildman–Crippen MR) is 110 cm³/mol. The molecule has 0 saturated heterocycles. The SMILES string of the molecule is CCOc1ccc(C)cc1CC(C)(C)CC(=O)N/C(C=O)=C(\C)NC(C)C. The fourth-order valence-electron chi connectivity index (χ4n) is 3.07. The molecule has 0 saturated carbocycles. The monoisotopic (exact) mass is 374 g/mol. The van der Waals surface area contributed by atoms with E-state index < -0.39 is 0 Å². The van der Waals surface area contributed by atoms with Gasteiger partial charge in [-0.15, -0.1) is 0 Å². The smallest absolute Gasteiger partial charge is 0.225 e. The number of hydrogen-bond acceptors (Lipinski definition) is 4. The average molecular weight is 375 g/mol. The van der Waals surface area contributed by atoms with Crippen LogP contribution in [-0.2, 0) is 16.0 Å². The summed E-state index contributed by atoms with van der Waals surface area (Å²) in [6.45, 7) is 14.5. The fourth-order valence-corrected chi connectivity index (χ4v) is 3.07. The molecule has 2 N–H and O–H groups in total. The normalized spacial score (nSPS) is 12.4. The number of amides is 1. The third-order valence-corrected chi connectivity index (χ3v) is 4.13. The van der Waals surface area contributed by atoms with Crippen LogP contribution >= 0.6 is 0 Å². The molecule has 5 heteroatoms. The van der Waals surface area contributed by atoms with Crippen molar-refractivity contribution in [2.45, 2.75) is 67.3 Å². The van der Waals surface area contributed by atoms with Crippen LogP contribution in [0.3, 0.4) is 0 Å². The van der Waals surface area contributed by atoms with E-state index in [-0.39, 0.29) is 23.1 Å². The van der Waals surface area contributed by atoms with Crippen LogP contribution in [0.5, 0.6) is 5.75 Å². The standard InChI is InChI=1S/C22H34N2O3/c1-8-27-20-10-9-16(4)11-18(20)12-22(6,7)13-21(26)24-19(14-25)17(5)23-15(2)3/h9-11,14-15,23H,8,12-13H2,1-7H3,(H,24,26)/b19-17+. The quantitative estimate of drug-likeness (QED) is 0.481. The van der Waals surface area contributed by atoms with Crippen molar-refractivity contribution in [3.8, 4) is 5.75 Å². The number of carbonyl (C=O) groups is 2. The summed E-state index contributed by atoms with van der Waals surface area (Å²) in [6.07, 6.45) is 1.70. The summed E-state index contributed by atoms with van der Waals surface area (Å²) in [6, 6.07) is 6.31. The third kappa shape index (κ3) is 7.85. The fraction of sp³-hybridized carbons (Fsp3) is 0.545. The van der Waals surface area contributed by atoms with Crippen LogP contribution < -0.4 is 15.4 Å². The van der Waals surface area contributed by atoms with Crippen LogP contribution in [0, 0.1) is 12.3 Å². The van der Waals surface area contributed by atoms with Gasteiger partial charge in [0.1, 0.15) is 5.75 Å². The minimum Gasteiger partial charge on any atom is -0.494 e. The van der Waals surface area contributed by atoms with E-state index in [1.54, 1.807) is 6.92 Å². The number of carbonyl (C=O) groups excluding carboxylic acids is 2. The van der Waals surface area contributed by atoms with E-state index >= 15 is 0 Å². The van der Waals surface area contributed by atoms with Gasteiger partial charge in [-0.05, 0) is 58.1 Å². The number of hydrogen-bond donors (Lipinski definition) is 2. The lowest BCUT2D eigenvalue weighted by atomic mass is 9.81. The Hall–Kier alpha value is -2.30. The highest BCUT2D eigenvalue weighted by Gasteiger charge is 2.25. The molecular weight excluding hydrogens is 340 g/mol. The first-order valence-electron chi connectivity index (χ1n) is 9.52. The zero-order valence-corrected chi connectivity index (χ0v) is 17.7.